The van der Waals surface area contributed by atoms with E-state index < -0.39 is 21.6 Å². The maximum absolute atomic E-state index is 13.1. The number of imidazole rings is 1. The van der Waals surface area contributed by atoms with Crippen molar-refractivity contribution in [2.75, 3.05) is 25.7 Å². The number of rotatable bonds is 8. The molecule has 0 aliphatic heterocycles. The van der Waals surface area contributed by atoms with Gasteiger partial charge in [-0.05, 0) is 37.6 Å². The number of nitrogens with zero attached hydrogens (tertiary/aromatic N) is 4. The average Bonchev–Trinajstić information content (AvgIpc) is 3.12. The van der Waals surface area contributed by atoms with Crippen LogP contribution in [0.1, 0.15) is 24.2 Å². The van der Waals surface area contributed by atoms with Crippen molar-refractivity contribution in [3.63, 3.8) is 0 Å². The lowest BCUT2D eigenvalue weighted by atomic mass is 10.1. The molecule has 4 aromatic rings. The zero-order valence-electron chi connectivity index (χ0n) is 19.3. The van der Waals surface area contributed by atoms with Crippen molar-refractivity contribution >= 4 is 21.0 Å². The second-order valence-electron chi connectivity index (χ2n) is 7.84. The van der Waals surface area contributed by atoms with Crippen LogP contribution in [-0.4, -0.2) is 58.6 Å². The summed E-state index contributed by atoms with van der Waals surface area (Å²) in [5.74, 6) is 0.670. The number of benzene rings is 1. The number of aryl methyl sites for hydroxylation is 1. The molecule has 1 atom stereocenters. The van der Waals surface area contributed by atoms with Crippen LogP contribution in [0, 0.1) is 6.92 Å². The summed E-state index contributed by atoms with van der Waals surface area (Å²) >= 11 is 0. The third-order valence-electron chi connectivity index (χ3n) is 5.35. The van der Waals surface area contributed by atoms with E-state index in [-0.39, 0.29) is 5.75 Å². The molecular weight excluding hydrogens is 458 g/mol. The van der Waals surface area contributed by atoms with Crippen LogP contribution >= 0.6 is 0 Å². The van der Waals surface area contributed by atoms with Crippen molar-refractivity contribution in [3.05, 3.63) is 64.6 Å². The Morgan fingerprint density at radius 2 is 1.88 bits per heavy atom. The molecular formula is C23H25N5O5S. The van der Waals surface area contributed by atoms with Gasteiger partial charge in [0.1, 0.15) is 9.84 Å². The third kappa shape index (κ3) is 4.65. The van der Waals surface area contributed by atoms with Gasteiger partial charge in [0.05, 0.1) is 42.4 Å². The first-order valence-corrected chi connectivity index (χ1v) is 12.6. The molecule has 0 amide bonds. The van der Waals surface area contributed by atoms with Crippen molar-refractivity contribution in [1.29, 1.82) is 0 Å². The standard InChI is InChI=1S/C23H25N5O5S/c1-5-33-20-11-15(6-7-19(20)32-3)18(13-34(4,30)31)28-22-17(27-23(28)29)10-16(12-26-22)21-14(2)24-8-9-25-21/h6-12,18H,5,13H2,1-4H3,(H,27,29)/t18-/m0/s1. The van der Waals surface area contributed by atoms with Gasteiger partial charge in [0.25, 0.3) is 0 Å². The third-order valence-corrected chi connectivity index (χ3v) is 6.28. The predicted octanol–water partition coefficient (Wildman–Crippen LogP) is 2.53. The van der Waals surface area contributed by atoms with Gasteiger partial charge < -0.3 is 14.5 Å². The highest BCUT2D eigenvalue weighted by Crippen LogP contribution is 2.33. The summed E-state index contributed by atoms with van der Waals surface area (Å²) in [4.78, 5) is 29.0. The van der Waals surface area contributed by atoms with Gasteiger partial charge in [-0.1, -0.05) is 6.07 Å². The molecule has 1 aromatic carbocycles. The number of hydrogen-bond donors (Lipinski definition) is 1. The minimum atomic E-state index is -3.47. The van der Waals surface area contributed by atoms with Crippen molar-refractivity contribution in [3.8, 4) is 22.8 Å². The molecule has 0 unspecified atom stereocenters. The van der Waals surface area contributed by atoms with Crippen molar-refractivity contribution in [1.82, 2.24) is 24.5 Å². The molecule has 3 heterocycles. The van der Waals surface area contributed by atoms with Gasteiger partial charge in [0.15, 0.2) is 17.1 Å². The molecule has 11 heteroatoms. The fourth-order valence-electron chi connectivity index (χ4n) is 3.90. The van der Waals surface area contributed by atoms with E-state index >= 15 is 0 Å². The molecule has 178 valence electrons. The second-order valence-corrected chi connectivity index (χ2v) is 10.0. The highest BCUT2D eigenvalue weighted by Gasteiger charge is 2.26. The lowest BCUT2D eigenvalue weighted by Gasteiger charge is -2.20. The number of hydrogen-bond acceptors (Lipinski definition) is 8. The van der Waals surface area contributed by atoms with Crippen LogP contribution < -0.4 is 15.2 Å². The maximum atomic E-state index is 13.1. The normalized spacial score (nSPS) is 12.6. The van der Waals surface area contributed by atoms with E-state index in [0.29, 0.717) is 46.1 Å². The zero-order chi connectivity index (χ0) is 24.5. The summed E-state index contributed by atoms with van der Waals surface area (Å²) in [6.45, 7) is 4.07. The van der Waals surface area contributed by atoms with Gasteiger partial charge in [0.2, 0.25) is 0 Å². The summed E-state index contributed by atoms with van der Waals surface area (Å²) in [5, 5.41) is 0. The Hall–Kier alpha value is -3.73. The summed E-state index contributed by atoms with van der Waals surface area (Å²) in [6, 6.07) is 6.03. The fourth-order valence-corrected chi connectivity index (χ4v) is 4.81. The van der Waals surface area contributed by atoms with Crippen LogP contribution in [-0.2, 0) is 9.84 Å². The molecule has 0 radical (unpaired) electrons. The molecule has 0 saturated carbocycles. The van der Waals surface area contributed by atoms with Gasteiger partial charge in [0, 0.05) is 30.4 Å². The molecule has 0 bridgehead atoms. The summed E-state index contributed by atoms with van der Waals surface area (Å²) in [5.41, 5.74) is 2.96. The van der Waals surface area contributed by atoms with E-state index in [4.69, 9.17) is 9.47 Å². The van der Waals surface area contributed by atoms with Gasteiger partial charge in [-0.25, -0.2) is 18.2 Å². The minimum absolute atomic E-state index is 0.301. The van der Waals surface area contributed by atoms with Crippen molar-refractivity contribution < 1.29 is 17.9 Å². The molecule has 10 nitrogen and oxygen atoms in total. The number of pyridine rings is 1. The molecule has 3 aromatic heterocycles. The summed E-state index contributed by atoms with van der Waals surface area (Å²) in [7, 11) is -1.95. The van der Waals surface area contributed by atoms with E-state index in [2.05, 4.69) is 19.9 Å². The number of aromatic nitrogens is 5. The Bertz CT molecular complexity index is 1510. The Kier molecular flexibility index (Phi) is 6.38. The van der Waals surface area contributed by atoms with E-state index in [1.807, 2.05) is 13.8 Å². The average molecular weight is 484 g/mol. The molecule has 34 heavy (non-hydrogen) atoms. The molecule has 0 spiro atoms. The van der Waals surface area contributed by atoms with Crippen molar-refractivity contribution in [2.45, 2.75) is 19.9 Å². The lowest BCUT2D eigenvalue weighted by Crippen LogP contribution is -2.28. The van der Waals surface area contributed by atoms with Crippen molar-refractivity contribution in [2.24, 2.45) is 0 Å². The van der Waals surface area contributed by atoms with Gasteiger partial charge in [-0.2, -0.15) is 0 Å². The number of H-pyrrole nitrogens is 1. The number of sulfone groups is 1. The molecule has 0 aliphatic rings. The maximum Gasteiger partial charge on any atom is 0.328 e. The molecule has 0 aliphatic carbocycles. The van der Waals surface area contributed by atoms with Gasteiger partial charge in [-0.15, -0.1) is 0 Å². The molecule has 0 fully saturated rings. The van der Waals surface area contributed by atoms with Gasteiger partial charge >= 0.3 is 5.69 Å². The monoisotopic (exact) mass is 483 g/mol. The quantitative estimate of drug-likeness (QED) is 0.405. The van der Waals surface area contributed by atoms with Crippen LogP contribution in [0.15, 0.2) is 47.7 Å². The van der Waals surface area contributed by atoms with Crippen LogP contribution in [0.25, 0.3) is 22.4 Å². The topological polar surface area (TPSA) is 129 Å². The van der Waals surface area contributed by atoms with E-state index in [1.165, 1.54) is 11.7 Å². The Labute approximate surface area is 196 Å². The molecule has 4 rings (SSSR count). The number of aromatic amines is 1. The first-order chi connectivity index (χ1) is 16.2. The first kappa shape index (κ1) is 23.4. The molecule has 0 saturated heterocycles. The van der Waals surface area contributed by atoms with E-state index in [1.54, 1.807) is 42.9 Å². The smallest absolute Gasteiger partial charge is 0.328 e. The largest absolute Gasteiger partial charge is 0.493 e. The zero-order valence-corrected chi connectivity index (χ0v) is 20.1. The molecule has 1 N–H and O–H groups in total. The Morgan fingerprint density at radius 1 is 1.12 bits per heavy atom. The van der Waals surface area contributed by atoms with E-state index in [0.717, 1.165) is 11.9 Å². The number of nitrogens with one attached hydrogen (secondary N) is 1. The van der Waals surface area contributed by atoms with Crippen LogP contribution in [0.4, 0.5) is 0 Å². The van der Waals surface area contributed by atoms with Crippen LogP contribution in [0.5, 0.6) is 11.5 Å². The second kappa shape index (κ2) is 9.26. The Balaban J connectivity index is 1.89. The lowest BCUT2D eigenvalue weighted by molar-refractivity contribution is 0.310. The van der Waals surface area contributed by atoms with Crippen LogP contribution in [0.3, 0.4) is 0 Å². The minimum Gasteiger partial charge on any atom is -0.493 e. The first-order valence-electron chi connectivity index (χ1n) is 10.6. The SMILES string of the molecule is CCOc1cc([C@H](CS(C)(=O)=O)n2c(=O)[nH]c3cc(-c4nccnc4C)cnc32)ccc1OC. The summed E-state index contributed by atoms with van der Waals surface area (Å²) < 4.78 is 37.1. The number of fused-ring (bicyclic) bond motifs is 1. The highest BCUT2D eigenvalue weighted by atomic mass is 32.2. The predicted molar refractivity (Wildman–Crippen MR) is 128 cm³/mol. The highest BCUT2D eigenvalue weighted by molar-refractivity contribution is 7.90. The number of ether oxygens (including phenoxy) is 2. The van der Waals surface area contributed by atoms with E-state index in [9.17, 15) is 13.2 Å². The van der Waals surface area contributed by atoms with Gasteiger partial charge in [-0.3, -0.25) is 14.5 Å². The Morgan fingerprint density at radius 3 is 2.56 bits per heavy atom. The number of methoxy groups -OCH3 is 1. The summed E-state index contributed by atoms with van der Waals surface area (Å²) in [6.07, 6.45) is 5.92. The fraction of sp³-hybridized carbons (Fsp3) is 0.304. The van der Waals surface area contributed by atoms with Crippen LogP contribution in [0.2, 0.25) is 0 Å².